The molecular weight excluding hydrogens is 200 g/mol. The van der Waals surface area contributed by atoms with Gasteiger partial charge >= 0.3 is 0 Å². The van der Waals surface area contributed by atoms with Gasteiger partial charge in [-0.2, -0.15) is 0 Å². The van der Waals surface area contributed by atoms with Gasteiger partial charge in [-0.05, 0) is 18.9 Å². The number of hydrogen-bond acceptors (Lipinski definition) is 3. The zero-order valence-electron chi connectivity index (χ0n) is 9.80. The predicted molar refractivity (Wildman–Crippen MR) is 62.2 cm³/mol. The maximum Gasteiger partial charge on any atom is 0.140 e. The fraction of sp³-hybridized carbons (Fsp3) is 0.769. The SMILES string of the molecule is C1CCC(Cc2onc3c2CCNC3)CC1. The van der Waals surface area contributed by atoms with Gasteiger partial charge in [0, 0.05) is 18.5 Å². The summed E-state index contributed by atoms with van der Waals surface area (Å²) >= 11 is 0. The second-order valence-electron chi connectivity index (χ2n) is 5.17. The highest BCUT2D eigenvalue weighted by Gasteiger charge is 2.22. The molecule has 3 nitrogen and oxygen atoms in total. The molecule has 0 bridgehead atoms. The Bertz CT molecular complexity index is 353. The molecule has 1 fully saturated rings. The van der Waals surface area contributed by atoms with Gasteiger partial charge < -0.3 is 9.84 Å². The van der Waals surface area contributed by atoms with Gasteiger partial charge in [-0.15, -0.1) is 0 Å². The van der Waals surface area contributed by atoms with Crippen molar-refractivity contribution < 1.29 is 4.52 Å². The van der Waals surface area contributed by atoms with E-state index in [1.807, 2.05) is 0 Å². The van der Waals surface area contributed by atoms with Crippen LogP contribution in [0.5, 0.6) is 0 Å². The molecule has 2 heterocycles. The molecule has 1 aromatic rings. The molecule has 0 radical (unpaired) electrons. The molecule has 2 aliphatic rings. The largest absolute Gasteiger partial charge is 0.361 e. The highest BCUT2D eigenvalue weighted by atomic mass is 16.5. The summed E-state index contributed by atoms with van der Waals surface area (Å²) in [5.74, 6) is 2.03. The van der Waals surface area contributed by atoms with Crippen LogP contribution in [0, 0.1) is 5.92 Å². The Hall–Kier alpha value is -0.830. The van der Waals surface area contributed by atoms with Gasteiger partial charge in [0.05, 0.1) is 0 Å². The van der Waals surface area contributed by atoms with Gasteiger partial charge in [-0.1, -0.05) is 37.3 Å². The highest BCUT2D eigenvalue weighted by molar-refractivity contribution is 5.25. The summed E-state index contributed by atoms with van der Waals surface area (Å²) < 4.78 is 5.53. The molecule has 1 saturated carbocycles. The van der Waals surface area contributed by atoms with Crippen LogP contribution in [0.15, 0.2) is 4.52 Å². The Labute approximate surface area is 96.6 Å². The Morgan fingerprint density at radius 3 is 3.00 bits per heavy atom. The molecule has 0 aromatic carbocycles. The molecule has 1 aromatic heterocycles. The summed E-state index contributed by atoms with van der Waals surface area (Å²) in [6, 6.07) is 0. The lowest BCUT2D eigenvalue weighted by molar-refractivity contribution is 0.307. The molecule has 3 rings (SSSR count). The topological polar surface area (TPSA) is 38.1 Å². The molecule has 0 atom stereocenters. The van der Waals surface area contributed by atoms with Crippen LogP contribution in [0.3, 0.4) is 0 Å². The lowest BCUT2D eigenvalue weighted by Gasteiger charge is -2.21. The van der Waals surface area contributed by atoms with E-state index in [1.165, 1.54) is 43.4 Å². The van der Waals surface area contributed by atoms with Gasteiger partial charge in [0.2, 0.25) is 0 Å². The number of hydrogen-bond donors (Lipinski definition) is 1. The fourth-order valence-electron chi connectivity index (χ4n) is 3.04. The van der Waals surface area contributed by atoms with Crippen LogP contribution in [-0.2, 0) is 19.4 Å². The van der Waals surface area contributed by atoms with Crippen molar-refractivity contribution in [1.29, 1.82) is 0 Å². The Balaban J connectivity index is 1.71. The zero-order valence-corrected chi connectivity index (χ0v) is 9.80. The normalized spacial score (nSPS) is 22.0. The van der Waals surface area contributed by atoms with Gasteiger partial charge in [0.25, 0.3) is 0 Å². The van der Waals surface area contributed by atoms with E-state index in [0.29, 0.717) is 0 Å². The maximum absolute atomic E-state index is 5.53. The van der Waals surface area contributed by atoms with Gasteiger partial charge in [-0.25, -0.2) is 0 Å². The number of aromatic nitrogens is 1. The van der Waals surface area contributed by atoms with Crippen molar-refractivity contribution in [3.05, 3.63) is 17.0 Å². The fourth-order valence-corrected chi connectivity index (χ4v) is 3.04. The molecule has 88 valence electrons. The van der Waals surface area contributed by atoms with Gasteiger partial charge in [0.1, 0.15) is 11.5 Å². The van der Waals surface area contributed by atoms with E-state index in [9.17, 15) is 0 Å². The standard InChI is InChI=1S/C13H20N2O/c1-2-4-10(5-3-1)8-13-11-6-7-14-9-12(11)15-16-13/h10,14H,1-9H2. The van der Waals surface area contributed by atoms with Crippen molar-refractivity contribution in [2.45, 2.75) is 51.5 Å². The third-order valence-electron chi connectivity index (χ3n) is 3.99. The van der Waals surface area contributed by atoms with E-state index < -0.39 is 0 Å². The Morgan fingerprint density at radius 2 is 2.12 bits per heavy atom. The zero-order chi connectivity index (χ0) is 10.8. The molecular formula is C13H20N2O. The van der Waals surface area contributed by atoms with Crippen LogP contribution in [0.2, 0.25) is 0 Å². The van der Waals surface area contributed by atoms with Gasteiger partial charge in [-0.3, -0.25) is 0 Å². The van der Waals surface area contributed by atoms with Crippen LogP contribution >= 0.6 is 0 Å². The Kier molecular flexibility index (Phi) is 2.96. The number of nitrogens with zero attached hydrogens (tertiary/aromatic N) is 1. The quantitative estimate of drug-likeness (QED) is 0.832. The van der Waals surface area contributed by atoms with E-state index in [1.54, 1.807) is 0 Å². The van der Waals surface area contributed by atoms with E-state index in [4.69, 9.17) is 4.52 Å². The highest BCUT2D eigenvalue weighted by Crippen LogP contribution is 2.29. The molecule has 16 heavy (non-hydrogen) atoms. The van der Waals surface area contributed by atoms with Crippen LogP contribution in [0.4, 0.5) is 0 Å². The van der Waals surface area contributed by atoms with Crippen molar-refractivity contribution in [3.63, 3.8) is 0 Å². The van der Waals surface area contributed by atoms with Crippen molar-refractivity contribution >= 4 is 0 Å². The summed E-state index contributed by atoms with van der Waals surface area (Å²) in [4.78, 5) is 0. The van der Waals surface area contributed by atoms with E-state index >= 15 is 0 Å². The van der Waals surface area contributed by atoms with E-state index in [0.717, 1.165) is 37.5 Å². The number of rotatable bonds is 2. The third-order valence-corrected chi connectivity index (χ3v) is 3.99. The average molecular weight is 220 g/mol. The summed E-state index contributed by atoms with van der Waals surface area (Å²) in [5.41, 5.74) is 2.56. The lowest BCUT2D eigenvalue weighted by Crippen LogP contribution is -2.24. The van der Waals surface area contributed by atoms with Gasteiger partial charge in [0.15, 0.2) is 0 Å². The number of fused-ring (bicyclic) bond motifs is 1. The lowest BCUT2D eigenvalue weighted by atomic mass is 9.85. The van der Waals surface area contributed by atoms with Crippen LogP contribution in [-0.4, -0.2) is 11.7 Å². The summed E-state index contributed by atoms with van der Waals surface area (Å²) in [6.45, 7) is 1.97. The molecule has 0 unspecified atom stereocenters. The Morgan fingerprint density at radius 1 is 1.25 bits per heavy atom. The van der Waals surface area contributed by atoms with Crippen LogP contribution < -0.4 is 5.32 Å². The third kappa shape index (κ3) is 2.01. The molecule has 0 saturated heterocycles. The maximum atomic E-state index is 5.53. The molecule has 1 N–H and O–H groups in total. The molecule has 0 spiro atoms. The minimum atomic E-state index is 0.848. The summed E-state index contributed by atoms with van der Waals surface area (Å²) in [7, 11) is 0. The molecule has 1 aliphatic heterocycles. The minimum absolute atomic E-state index is 0.848. The average Bonchev–Trinajstić information content (AvgIpc) is 2.74. The van der Waals surface area contributed by atoms with Crippen molar-refractivity contribution in [2.24, 2.45) is 5.92 Å². The monoisotopic (exact) mass is 220 g/mol. The first-order valence-electron chi connectivity index (χ1n) is 6.60. The molecule has 0 amide bonds. The predicted octanol–water partition coefficient (Wildman–Crippen LogP) is 2.44. The van der Waals surface area contributed by atoms with Crippen molar-refractivity contribution in [2.75, 3.05) is 6.54 Å². The van der Waals surface area contributed by atoms with Crippen molar-refractivity contribution in [3.8, 4) is 0 Å². The first-order chi connectivity index (χ1) is 7.93. The first kappa shape index (κ1) is 10.3. The van der Waals surface area contributed by atoms with Crippen LogP contribution in [0.25, 0.3) is 0 Å². The summed E-state index contributed by atoms with van der Waals surface area (Å²) in [6.07, 6.45) is 9.23. The summed E-state index contributed by atoms with van der Waals surface area (Å²) in [5, 5.41) is 7.52. The second kappa shape index (κ2) is 4.58. The van der Waals surface area contributed by atoms with Crippen LogP contribution in [0.1, 0.15) is 49.1 Å². The second-order valence-corrected chi connectivity index (χ2v) is 5.17. The van der Waals surface area contributed by atoms with Crippen molar-refractivity contribution in [1.82, 2.24) is 10.5 Å². The van der Waals surface area contributed by atoms with E-state index in [-0.39, 0.29) is 0 Å². The number of nitrogens with one attached hydrogen (secondary N) is 1. The first-order valence-corrected chi connectivity index (χ1v) is 6.60. The van der Waals surface area contributed by atoms with E-state index in [2.05, 4.69) is 10.5 Å². The molecule has 1 aliphatic carbocycles. The minimum Gasteiger partial charge on any atom is -0.361 e. The smallest absolute Gasteiger partial charge is 0.140 e. The molecule has 3 heteroatoms.